The molecule has 0 bridgehead atoms. The molecule has 5 nitrogen and oxygen atoms in total. The summed E-state index contributed by atoms with van der Waals surface area (Å²) in [6.45, 7) is 0.0841. The highest BCUT2D eigenvalue weighted by atomic mass is 16.5. The van der Waals surface area contributed by atoms with Crippen molar-refractivity contribution in [1.29, 1.82) is 0 Å². The Balaban J connectivity index is 1.96. The van der Waals surface area contributed by atoms with Crippen LogP contribution in [0.4, 0.5) is 0 Å². The molecule has 1 heterocycles. The quantitative estimate of drug-likeness (QED) is 0.834. The summed E-state index contributed by atoms with van der Waals surface area (Å²) in [5.41, 5.74) is 1.33. The molecule has 1 aliphatic rings. The van der Waals surface area contributed by atoms with Gasteiger partial charge in [-0.25, -0.2) is 0 Å². The molecule has 2 aromatic rings. The number of ketones is 1. The van der Waals surface area contributed by atoms with Gasteiger partial charge in [0.25, 0.3) is 0 Å². The first kappa shape index (κ1) is 14.0. The largest absolute Gasteiger partial charge is 0.508 e. The van der Waals surface area contributed by atoms with E-state index in [1.807, 2.05) is 12.1 Å². The second-order valence-electron chi connectivity index (χ2n) is 4.90. The number of carbonyl (C=O) groups excluding carboxylic acids is 1. The van der Waals surface area contributed by atoms with Crippen molar-refractivity contribution in [3.63, 3.8) is 0 Å². The standard InChI is InChI=1S/C17H14O5/c1-21-13-4-2-10(3-5-13)6-11-9-22-15-8-12(18)7-14(19)16(15)17(11)20/h2-8,18-19H,9H2,1H3/b11-6-. The molecule has 0 atom stereocenters. The van der Waals surface area contributed by atoms with Gasteiger partial charge < -0.3 is 19.7 Å². The number of Topliss-reactive ketones (excluding diaryl/α,β-unsaturated/α-hetero) is 1. The lowest BCUT2D eigenvalue weighted by Gasteiger charge is -2.20. The van der Waals surface area contributed by atoms with E-state index >= 15 is 0 Å². The van der Waals surface area contributed by atoms with Crippen LogP contribution >= 0.6 is 0 Å². The van der Waals surface area contributed by atoms with Crippen LogP contribution in [-0.4, -0.2) is 29.7 Å². The normalized spacial score (nSPS) is 15.3. The van der Waals surface area contributed by atoms with E-state index in [-0.39, 0.29) is 35.2 Å². The number of rotatable bonds is 2. The molecule has 0 spiro atoms. The van der Waals surface area contributed by atoms with Crippen molar-refractivity contribution < 1.29 is 24.5 Å². The Morgan fingerprint density at radius 1 is 1.18 bits per heavy atom. The molecule has 0 aromatic heterocycles. The molecule has 0 saturated carbocycles. The van der Waals surface area contributed by atoms with E-state index in [0.717, 1.165) is 17.4 Å². The Bertz CT molecular complexity index is 759. The maximum atomic E-state index is 12.5. The molecule has 2 aromatic carbocycles. The van der Waals surface area contributed by atoms with Gasteiger partial charge in [-0.05, 0) is 23.8 Å². The van der Waals surface area contributed by atoms with Crippen molar-refractivity contribution in [1.82, 2.24) is 0 Å². The Kier molecular flexibility index (Phi) is 3.47. The number of fused-ring (bicyclic) bond motifs is 1. The molecule has 0 saturated heterocycles. The minimum Gasteiger partial charge on any atom is -0.508 e. The first-order valence-corrected chi connectivity index (χ1v) is 6.66. The highest BCUT2D eigenvalue weighted by molar-refractivity contribution is 6.15. The number of ether oxygens (including phenoxy) is 2. The fourth-order valence-electron chi connectivity index (χ4n) is 2.32. The zero-order chi connectivity index (χ0) is 15.7. The first-order valence-electron chi connectivity index (χ1n) is 6.66. The molecule has 0 amide bonds. The lowest BCUT2D eigenvalue weighted by atomic mass is 9.97. The third-order valence-electron chi connectivity index (χ3n) is 3.42. The molecule has 2 N–H and O–H groups in total. The van der Waals surface area contributed by atoms with Crippen LogP contribution in [0.3, 0.4) is 0 Å². The van der Waals surface area contributed by atoms with E-state index in [9.17, 15) is 15.0 Å². The molecular weight excluding hydrogens is 284 g/mol. The molecule has 1 aliphatic heterocycles. The van der Waals surface area contributed by atoms with Gasteiger partial charge in [-0.2, -0.15) is 0 Å². The van der Waals surface area contributed by atoms with Crippen molar-refractivity contribution in [3.8, 4) is 23.0 Å². The van der Waals surface area contributed by atoms with Gasteiger partial charge >= 0.3 is 0 Å². The molecule has 0 radical (unpaired) electrons. The van der Waals surface area contributed by atoms with Gasteiger partial charge in [0.15, 0.2) is 5.78 Å². The maximum Gasteiger partial charge on any atom is 0.199 e. The van der Waals surface area contributed by atoms with E-state index in [2.05, 4.69) is 0 Å². The number of phenolic OH excluding ortho intramolecular Hbond substituents is 2. The van der Waals surface area contributed by atoms with E-state index < -0.39 is 0 Å². The summed E-state index contributed by atoms with van der Waals surface area (Å²) in [5.74, 6) is 0.169. The molecule has 0 unspecified atom stereocenters. The lowest BCUT2D eigenvalue weighted by molar-refractivity contribution is 0.0997. The van der Waals surface area contributed by atoms with E-state index in [4.69, 9.17) is 9.47 Å². The molecule has 5 heteroatoms. The zero-order valence-electron chi connectivity index (χ0n) is 11.9. The van der Waals surface area contributed by atoms with E-state index in [1.54, 1.807) is 25.3 Å². The van der Waals surface area contributed by atoms with Gasteiger partial charge in [0.05, 0.1) is 7.11 Å². The summed E-state index contributed by atoms with van der Waals surface area (Å²) >= 11 is 0. The van der Waals surface area contributed by atoms with Gasteiger partial charge in [-0.3, -0.25) is 4.79 Å². The third-order valence-corrected chi connectivity index (χ3v) is 3.42. The minimum atomic E-state index is -0.311. The SMILES string of the molecule is COc1ccc(/C=C2/COc3cc(O)cc(O)c3C2=O)cc1. The molecular formula is C17H14O5. The summed E-state index contributed by atoms with van der Waals surface area (Å²) in [6.07, 6.45) is 1.71. The average Bonchev–Trinajstić information content (AvgIpc) is 2.50. The fraction of sp³-hybridized carbons (Fsp3) is 0.118. The smallest absolute Gasteiger partial charge is 0.199 e. The minimum absolute atomic E-state index is 0.0730. The molecule has 3 rings (SSSR count). The molecule has 0 fully saturated rings. The van der Waals surface area contributed by atoms with Gasteiger partial charge in [0.1, 0.15) is 35.2 Å². The van der Waals surface area contributed by atoms with Crippen LogP contribution in [0.25, 0.3) is 6.08 Å². The van der Waals surface area contributed by atoms with E-state index in [0.29, 0.717) is 5.57 Å². The van der Waals surface area contributed by atoms with Crippen molar-refractivity contribution in [3.05, 3.63) is 53.1 Å². The lowest BCUT2D eigenvalue weighted by Crippen LogP contribution is -2.19. The number of benzene rings is 2. The summed E-state index contributed by atoms with van der Waals surface area (Å²) in [6, 6.07) is 9.68. The maximum absolute atomic E-state index is 12.5. The zero-order valence-corrected chi connectivity index (χ0v) is 11.9. The van der Waals surface area contributed by atoms with Crippen LogP contribution in [-0.2, 0) is 0 Å². The molecule has 112 valence electrons. The van der Waals surface area contributed by atoms with Crippen LogP contribution < -0.4 is 9.47 Å². The van der Waals surface area contributed by atoms with Crippen LogP contribution in [0.15, 0.2) is 42.0 Å². The summed E-state index contributed by atoms with van der Waals surface area (Å²) in [7, 11) is 1.58. The number of phenols is 2. The predicted molar refractivity (Wildman–Crippen MR) is 80.6 cm³/mol. The van der Waals surface area contributed by atoms with Gasteiger partial charge in [-0.15, -0.1) is 0 Å². The van der Waals surface area contributed by atoms with Crippen molar-refractivity contribution >= 4 is 11.9 Å². The third kappa shape index (κ3) is 2.48. The number of aromatic hydroxyl groups is 2. The Labute approximate surface area is 127 Å². The monoisotopic (exact) mass is 298 g/mol. The Morgan fingerprint density at radius 2 is 1.91 bits per heavy atom. The predicted octanol–water partition coefficient (Wildman–Crippen LogP) is 2.77. The number of hydrogen-bond donors (Lipinski definition) is 2. The van der Waals surface area contributed by atoms with Crippen LogP contribution in [0, 0.1) is 0 Å². The van der Waals surface area contributed by atoms with Crippen LogP contribution in [0.1, 0.15) is 15.9 Å². The second-order valence-corrected chi connectivity index (χ2v) is 4.90. The second kappa shape index (κ2) is 5.44. The van der Waals surface area contributed by atoms with Gasteiger partial charge in [0.2, 0.25) is 0 Å². The molecule has 22 heavy (non-hydrogen) atoms. The Hall–Kier alpha value is -2.95. The number of hydrogen-bond acceptors (Lipinski definition) is 5. The van der Waals surface area contributed by atoms with Crippen molar-refractivity contribution in [2.24, 2.45) is 0 Å². The van der Waals surface area contributed by atoms with Gasteiger partial charge in [0, 0.05) is 17.7 Å². The van der Waals surface area contributed by atoms with Crippen molar-refractivity contribution in [2.75, 3.05) is 13.7 Å². The number of carbonyl (C=O) groups is 1. The number of methoxy groups -OCH3 is 1. The van der Waals surface area contributed by atoms with E-state index in [1.165, 1.54) is 6.07 Å². The van der Waals surface area contributed by atoms with Gasteiger partial charge in [-0.1, -0.05) is 12.1 Å². The topological polar surface area (TPSA) is 76.0 Å². The van der Waals surface area contributed by atoms with Crippen LogP contribution in [0.2, 0.25) is 0 Å². The van der Waals surface area contributed by atoms with Crippen LogP contribution in [0.5, 0.6) is 23.0 Å². The van der Waals surface area contributed by atoms with Crippen molar-refractivity contribution in [2.45, 2.75) is 0 Å². The average molecular weight is 298 g/mol. The highest BCUT2D eigenvalue weighted by Gasteiger charge is 2.27. The Morgan fingerprint density at radius 3 is 2.59 bits per heavy atom. The summed E-state index contributed by atoms with van der Waals surface area (Å²) in [4.78, 5) is 12.5. The fourth-order valence-corrected chi connectivity index (χ4v) is 2.32. The highest BCUT2D eigenvalue weighted by Crippen LogP contribution is 2.37. The summed E-state index contributed by atoms with van der Waals surface area (Å²) in [5, 5.41) is 19.3. The summed E-state index contributed by atoms with van der Waals surface area (Å²) < 4.78 is 10.5. The first-order chi connectivity index (χ1) is 10.6. The molecule has 0 aliphatic carbocycles.